The smallest absolute Gasteiger partial charge is 0.308 e. The van der Waals surface area contributed by atoms with Crippen LogP contribution in [-0.2, 0) is 14.3 Å². The molecule has 10 nitrogen and oxygen atoms in total. The molecule has 1 atom stereocenters. The van der Waals surface area contributed by atoms with Crippen molar-refractivity contribution in [2.75, 3.05) is 7.11 Å². The predicted octanol–water partition coefficient (Wildman–Crippen LogP) is 2.77. The maximum absolute atomic E-state index is 12.1. The Morgan fingerprint density at radius 2 is 1.83 bits per heavy atom. The Hall–Kier alpha value is -3.95. The summed E-state index contributed by atoms with van der Waals surface area (Å²) in [5.41, 5.74) is 0.944. The fourth-order valence-corrected chi connectivity index (χ4v) is 2.70. The van der Waals surface area contributed by atoms with Gasteiger partial charge in [0, 0.05) is 37.1 Å². The van der Waals surface area contributed by atoms with Gasteiger partial charge in [-0.2, -0.15) is 5.01 Å². The summed E-state index contributed by atoms with van der Waals surface area (Å²) in [7, 11) is 1.42. The molecule has 0 radical (unpaired) electrons. The minimum atomic E-state index is -0.877. The van der Waals surface area contributed by atoms with Crippen molar-refractivity contribution in [2.45, 2.75) is 20.1 Å². The van der Waals surface area contributed by atoms with Crippen LogP contribution in [0.2, 0.25) is 0 Å². The van der Waals surface area contributed by atoms with Gasteiger partial charge >= 0.3 is 5.97 Å². The van der Waals surface area contributed by atoms with E-state index in [1.807, 2.05) is 0 Å². The molecule has 0 unspecified atom stereocenters. The van der Waals surface area contributed by atoms with Crippen LogP contribution in [0, 0.1) is 10.1 Å². The first-order valence-electron chi connectivity index (χ1n) is 8.46. The van der Waals surface area contributed by atoms with Crippen molar-refractivity contribution in [1.29, 1.82) is 0 Å². The number of nitro groups is 1. The molecule has 1 aliphatic heterocycles. The SMILES string of the molecule is COc1cc([C@H]2OC(c3ccc([N+](=O)[O-])cc3)=NN2C(C)=O)ccc1OC(C)=O. The molecule has 0 N–H and O–H groups in total. The number of hydrogen-bond acceptors (Lipinski definition) is 8. The summed E-state index contributed by atoms with van der Waals surface area (Å²) in [6.07, 6.45) is -0.877. The number of nitrogens with zero attached hydrogens (tertiary/aromatic N) is 3. The molecule has 2 aromatic rings. The lowest BCUT2D eigenvalue weighted by Crippen LogP contribution is -2.25. The molecule has 2 aromatic carbocycles. The molecule has 0 saturated carbocycles. The van der Waals surface area contributed by atoms with E-state index in [0.29, 0.717) is 11.1 Å². The Kier molecular flexibility index (Phi) is 5.44. The normalized spacial score (nSPS) is 15.3. The van der Waals surface area contributed by atoms with Gasteiger partial charge in [0.15, 0.2) is 11.5 Å². The number of benzene rings is 2. The van der Waals surface area contributed by atoms with Crippen LogP contribution >= 0.6 is 0 Å². The largest absolute Gasteiger partial charge is 0.493 e. The summed E-state index contributed by atoms with van der Waals surface area (Å²) in [6.45, 7) is 2.61. The molecule has 0 bridgehead atoms. The lowest BCUT2D eigenvalue weighted by atomic mass is 10.1. The number of nitro benzene ring substituents is 1. The average Bonchev–Trinajstić information content (AvgIpc) is 3.13. The zero-order valence-corrected chi connectivity index (χ0v) is 15.8. The molecule has 10 heteroatoms. The first-order valence-corrected chi connectivity index (χ1v) is 8.46. The molecule has 0 aliphatic carbocycles. The number of non-ortho nitro benzene ring substituents is 1. The van der Waals surface area contributed by atoms with Crippen molar-refractivity contribution in [3.63, 3.8) is 0 Å². The van der Waals surface area contributed by atoms with Crippen molar-refractivity contribution < 1.29 is 28.7 Å². The summed E-state index contributed by atoms with van der Waals surface area (Å²) in [4.78, 5) is 33.6. The topological polar surface area (TPSA) is 121 Å². The average molecular weight is 399 g/mol. The van der Waals surface area contributed by atoms with Gasteiger partial charge in [0.05, 0.1) is 12.0 Å². The Bertz CT molecular complexity index is 1000. The third kappa shape index (κ3) is 4.15. The Balaban J connectivity index is 1.91. The molecule has 1 amide bonds. The summed E-state index contributed by atoms with van der Waals surface area (Å²) in [5.74, 6) is -0.207. The number of carbonyl (C=O) groups is 2. The maximum atomic E-state index is 12.1. The number of carbonyl (C=O) groups excluding carboxylic acids is 2. The van der Waals surface area contributed by atoms with E-state index in [-0.39, 0.29) is 29.0 Å². The Morgan fingerprint density at radius 1 is 1.14 bits per heavy atom. The standard InChI is InChI=1S/C19H17N3O7/c1-11(23)21-19(14-6-9-16(28-12(2)24)17(10-14)27-3)29-18(20-21)13-4-7-15(8-5-13)22(25)26/h4-10,19H,1-3H3/t19-/m1/s1. The molecule has 1 aliphatic rings. The van der Waals surface area contributed by atoms with Gasteiger partial charge in [-0.1, -0.05) is 0 Å². The van der Waals surface area contributed by atoms with Crippen LogP contribution in [0.25, 0.3) is 0 Å². The molecule has 0 aromatic heterocycles. The molecule has 0 saturated heterocycles. The van der Waals surface area contributed by atoms with E-state index in [4.69, 9.17) is 14.2 Å². The molecule has 3 rings (SSSR count). The number of hydrogen-bond donors (Lipinski definition) is 0. The third-order valence-electron chi connectivity index (χ3n) is 4.02. The lowest BCUT2D eigenvalue weighted by molar-refractivity contribution is -0.384. The quantitative estimate of drug-likeness (QED) is 0.328. The predicted molar refractivity (Wildman–Crippen MR) is 100 cm³/mol. The van der Waals surface area contributed by atoms with Crippen LogP contribution in [0.15, 0.2) is 47.6 Å². The molecular weight excluding hydrogens is 382 g/mol. The van der Waals surface area contributed by atoms with E-state index in [9.17, 15) is 19.7 Å². The maximum Gasteiger partial charge on any atom is 0.308 e. The van der Waals surface area contributed by atoms with Crippen molar-refractivity contribution in [3.05, 3.63) is 63.7 Å². The molecule has 1 heterocycles. The van der Waals surface area contributed by atoms with E-state index in [2.05, 4.69) is 5.10 Å². The minimum Gasteiger partial charge on any atom is -0.493 e. The number of amides is 1. The van der Waals surface area contributed by atoms with Gasteiger partial charge in [-0.05, 0) is 30.3 Å². The summed E-state index contributed by atoms with van der Waals surface area (Å²) >= 11 is 0. The van der Waals surface area contributed by atoms with Crippen LogP contribution in [0.5, 0.6) is 11.5 Å². The van der Waals surface area contributed by atoms with Gasteiger partial charge in [-0.15, -0.1) is 5.10 Å². The highest BCUT2D eigenvalue weighted by Crippen LogP contribution is 2.36. The number of ether oxygens (including phenoxy) is 3. The highest BCUT2D eigenvalue weighted by atomic mass is 16.6. The van der Waals surface area contributed by atoms with E-state index >= 15 is 0 Å². The van der Waals surface area contributed by atoms with Gasteiger partial charge in [0.1, 0.15) is 0 Å². The van der Waals surface area contributed by atoms with Crippen molar-refractivity contribution in [3.8, 4) is 11.5 Å². The second kappa shape index (κ2) is 7.97. The summed E-state index contributed by atoms with van der Waals surface area (Å²) in [6, 6.07) is 10.3. The third-order valence-corrected chi connectivity index (χ3v) is 4.02. The second-order valence-electron chi connectivity index (χ2n) is 6.05. The fraction of sp³-hybridized carbons (Fsp3) is 0.211. The molecule has 29 heavy (non-hydrogen) atoms. The lowest BCUT2D eigenvalue weighted by Gasteiger charge is -2.20. The van der Waals surface area contributed by atoms with Gasteiger partial charge in [-0.3, -0.25) is 19.7 Å². The number of hydrazone groups is 1. The van der Waals surface area contributed by atoms with Gasteiger partial charge < -0.3 is 14.2 Å². The zero-order valence-electron chi connectivity index (χ0n) is 15.8. The Labute approximate surface area is 165 Å². The number of esters is 1. The van der Waals surface area contributed by atoms with Gasteiger partial charge in [0.25, 0.3) is 5.69 Å². The van der Waals surface area contributed by atoms with E-state index < -0.39 is 17.1 Å². The van der Waals surface area contributed by atoms with Crippen LogP contribution in [0.4, 0.5) is 5.69 Å². The summed E-state index contributed by atoms with van der Waals surface area (Å²) < 4.78 is 16.2. The van der Waals surface area contributed by atoms with E-state index in [1.165, 1.54) is 51.3 Å². The van der Waals surface area contributed by atoms with Crippen molar-refractivity contribution in [1.82, 2.24) is 5.01 Å². The molecule has 0 fully saturated rings. The second-order valence-corrected chi connectivity index (χ2v) is 6.05. The van der Waals surface area contributed by atoms with E-state index in [1.54, 1.807) is 12.1 Å². The number of methoxy groups -OCH3 is 1. The van der Waals surface area contributed by atoms with Crippen LogP contribution in [0.1, 0.15) is 31.2 Å². The van der Waals surface area contributed by atoms with Crippen molar-refractivity contribution in [2.24, 2.45) is 5.10 Å². The van der Waals surface area contributed by atoms with E-state index in [0.717, 1.165) is 5.01 Å². The van der Waals surface area contributed by atoms with Gasteiger partial charge in [-0.25, -0.2) is 0 Å². The highest BCUT2D eigenvalue weighted by Gasteiger charge is 2.34. The number of rotatable bonds is 5. The zero-order chi connectivity index (χ0) is 21.1. The van der Waals surface area contributed by atoms with Crippen LogP contribution in [0.3, 0.4) is 0 Å². The molecular formula is C19H17N3O7. The van der Waals surface area contributed by atoms with Gasteiger partial charge in [0.2, 0.25) is 18.0 Å². The first kappa shape index (κ1) is 19.8. The van der Waals surface area contributed by atoms with Crippen molar-refractivity contribution >= 4 is 23.5 Å². The fourth-order valence-electron chi connectivity index (χ4n) is 2.70. The molecule has 0 spiro atoms. The van der Waals surface area contributed by atoms with Crippen LogP contribution < -0.4 is 9.47 Å². The minimum absolute atomic E-state index is 0.0712. The monoisotopic (exact) mass is 399 g/mol. The first-order chi connectivity index (χ1) is 13.8. The summed E-state index contributed by atoms with van der Waals surface area (Å²) in [5, 5.41) is 16.2. The molecule has 150 valence electrons. The highest BCUT2D eigenvalue weighted by molar-refractivity contribution is 5.96. The Morgan fingerprint density at radius 3 is 2.38 bits per heavy atom. The van der Waals surface area contributed by atoms with Crippen LogP contribution in [-0.4, -0.2) is 34.8 Å².